The summed E-state index contributed by atoms with van der Waals surface area (Å²) in [6, 6.07) is 3.34. The van der Waals surface area contributed by atoms with E-state index in [0.29, 0.717) is 18.4 Å². The van der Waals surface area contributed by atoms with Gasteiger partial charge in [-0.25, -0.2) is 0 Å². The van der Waals surface area contributed by atoms with E-state index < -0.39 is 10.5 Å². The molecule has 0 amide bonds. The van der Waals surface area contributed by atoms with Crippen molar-refractivity contribution in [2.45, 2.75) is 38.8 Å². The van der Waals surface area contributed by atoms with Crippen LogP contribution >= 0.6 is 0 Å². The highest BCUT2D eigenvalue weighted by Gasteiger charge is 2.27. The minimum atomic E-state index is -0.907. The fourth-order valence-electron chi connectivity index (χ4n) is 2.12. The lowest BCUT2D eigenvalue weighted by Crippen LogP contribution is -2.32. The molecule has 0 aliphatic carbocycles. The summed E-state index contributed by atoms with van der Waals surface area (Å²) >= 11 is 0. The summed E-state index contributed by atoms with van der Waals surface area (Å²) in [7, 11) is 0. The Labute approximate surface area is 122 Å². The first-order valence-electron chi connectivity index (χ1n) is 6.83. The number of hydrogen-bond donors (Lipinski definition) is 1. The van der Waals surface area contributed by atoms with Gasteiger partial charge < -0.3 is 5.11 Å². The summed E-state index contributed by atoms with van der Waals surface area (Å²) < 4.78 is 1.45. The Morgan fingerprint density at radius 3 is 2.48 bits per heavy atom. The first-order chi connectivity index (χ1) is 9.99. The van der Waals surface area contributed by atoms with Crippen molar-refractivity contribution in [3.63, 3.8) is 0 Å². The molecule has 2 aromatic rings. The molecule has 0 aliphatic heterocycles. The fourth-order valence-corrected chi connectivity index (χ4v) is 2.12. The number of rotatable bonds is 6. The monoisotopic (exact) mass is 290 g/mol. The van der Waals surface area contributed by atoms with E-state index in [4.69, 9.17) is 0 Å². The molecule has 0 unspecified atom stereocenters. The van der Waals surface area contributed by atoms with Gasteiger partial charge in [-0.2, -0.15) is 5.10 Å². The number of pyridine rings is 1. The van der Waals surface area contributed by atoms with Crippen LogP contribution in [0.3, 0.4) is 0 Å². The number of hydrogen-bond acceptors (Lipinski definition) is 5. The van der Waals surface area contributed by atoms with E-state index in [2.05, 4.69) is 10.1 Å². The van der Waals surface area contributed by atoms with Gasteiger partial charge in [-0.05, 0) is 25.0 Å². The molecule has 0 spiro atoms. The molecule has 7 nitrogen and oxygen atoms in total. The Balaban J connectivity index is 2.41. The molecule has 1 N–H and O–H groups in total. The van der Waals surface area contributed by atoms with Crippen LogP contribution in [0.2, 0.25) is 0 Å². The third kappa shape index (κ3) is 3.25. The largest absolute Gasteiger partial charge is 0.388 e. The van der Waals surface area contributed by atoms with E-state index in [1.807, 2.05) is 13.8 Å². The van der Waals surface area contributed by atoms with Crippen molar-refractivity contribution in [2.24, 2.45) is 0 Å². The minimum absolute atomic E-state index is 0.0734. The molecule has 21 heavy (non-hydrogen) atoms. The Bertz CT molecular complexity index is 620. The van der Waals surface area contributed by atoms with Crippen molar-refractivity contribution in [2.75, 3.05) is 0 Å². The van der Waals surface area contributed by atoms with E-state index in [9.17, 15) is 15.2 Å². The van der Waals surface area contributed by atoms with Crippen LogP contribution in [-0.4, -0.2) is 30.4 Å². The molecule has 2 aromatic heterocycles. The van der Waals surface area contributed by atoms with Crippen LogP contribution in [0.25, 0.3) is 11.3 Å². The molecule has 2 rings (SSSR count). The van der Waals surface area contributed by atoms with E-state index >= 15 is 0 Å². The third-order valence-electron chi connectivity index (χ3n) is 3.67. The molecule has 112 valence electrons. The van der Waals surface area contributed by atoms with E-state index in [0.717, 1.165) is 0 Å². The fraction of sp³-hybridized carbons (Fsp3) is 0.429. The number of aliphatic hydroxyl groups is 1. The lowest BCUT2D eigenvalue weighted by atomic mass is 9.98. The van der Waals surface area contributed by atoms with Crippen LogP contribution in [0.4, 0.5) is 5.69 Å². The van der Waals surface area contributed by atoms with Crippen LogP contribution in [-0.2, 0) is 6.54 Å². The number of nitro groups is 1. The van der Waals surface area contributed by atoms with Crippen LogP contribution < -0.4 is 0 Å². The smallest absolute Gasteiger partial charge is 0.314 e. The van der Waals surface area contributed by atoms with E-state index in [1.165, 1.54) is 10.9 Å². The highest BCUT2D eigenvalue weighted by atomic mass is 16.6. The second kappa shape index (κ2) is 6.01. The second-order valence-corrected chi connectivity index (χ2v) is 4.98. The molecular formula is C14H18N4O3. The Hall–Kier alpha value is -2.28. The lowest BCUT2D eigenvalue weighted by molar-refractivity contribution is -0.384. The predicted octanol–water partition coefficient (Wildman–Crippen LogP) is 2.40. The minimum Gasteiger partial charge on any atom is -0.388 e. The summed E-state index contributed by atoms with van der Waals surface area (Å²) in [6.45, 7) is 3.99. The lowest BCUT2D eigenvalue weighted by Gasteiger charge is -2.24. The maximum atomic E-state index is 11.2. The molecule has 0 saturated heterocycles. The zero-order valence-electron chi connectivity index (χ0n) is 12.1. The van der Waals surface area contributed by atoms with E-state index in [-0.39, 0.29) is 17.9 Å². The summed E-state index contributed by atoms with van der Waals surface area (Å²) in [4.78, 5) is 14.6. The molecule has 0 fully saturated rings. The number of aromatic nitrogens is 3. The zero-order valence-corrected chi connectivity index (χ0v) is 12.1. The second-order valence-electron chi connectivity index (χ2n) is 4.98. The van der Waals surface area contributed by atoms with Gasteiger partial charge in [-0.15, -0.1) is 0 Å². The first kappa shape index (κ1) is 15.1. The zero-order chi connectivity index (χ0) is 15.5. The Morgan fingerprint density at radius 2 is 1.95 bits per heavy atom. The van der Waals surface area contributed by atoms with Crippen molar-refractivity contribution in [1.29, 1.82) is 0 Å². The topological polar surface area (TPSA) is 94.1 Å². The SMILES string of the molecule is CCC(O)(CC)Cn1cc([N+](=O)[O-])c(-c2ccncc2)n1. The van der Waals surface area contributed by atoms with Crippen molar-refractivity contribution in [1.82, 2.24) is 14.8 Å². The van der Waals surface area contributed by atoms with Crippen molar-refractivity contribution < 1.29 is 10.0 Å². The average Bonchev–Trinajstić information content (AvgIpc) is 2.92. The maximum absolute atomic E-state index is 11.2. The van der Waals surface area contributed by atoms with Gasteiger partial charge in [0.05, 0.1) is 17.1 Å². The molecule has 0 radical (unpaired) electrons. The van der Waals surface area contributed by atoms with Gasteiger partial charge in [-0.1, -0.05) is 13.8 Å². The standard InChI is InChI=1S/C14H18N4O3/c1-3-14(19,4-2)10-17-9-12(18(20)21)13(16-17)11-5-7-15-8-6-11/h5-9,19H,3-4,10H2,1-2H3. The third-order valence-corrected chi connectivity index (χ3v) is 3.67. The normalized spacial score (nSPS) is 11.6. The molecule has 0 aromatic carbocycles. The average molecular weight is 290 g/mol. The molecule has 0 aliphatic rings. The molecule has 0 bridgehead atoms. The van der Waals surface area contributed by atoms with Gasteiger partial charge in [0.25, 0.3) is 0 Å². The van der Waals surface area contributed by atoms with Crippen LogP contribution in [0, 0.1) is 10.1 Å². The Kier molecular flexibility index (Phi) is 4.32. The summed E-state index contributed by atoms with van der Waals surface area (Å²) in [6.07, 6.45) is 5.61. The molecule has 7 heteroatoms. The molecule has 0 saturated carbocycles. The van der Waals surface area contributed by atoms with Crippen molar-refractivity contribution in [3.05, 3.63) is 40.8 Å². The van der Waals surface area contributed by atoms with Crippen LogP contribution in [0.15, 0.2) is 30.7 Å². The Morgan fingerprint density at radius 1 is 1.33 bits per heavy atom. The van der Waals surface area contributed by atoms with Crippen LogP contribution in [0.5, 0.6) is 0 Å². The van der Waals surface area contributed by atoms with Gasteiger partial charge in [0.2, 0.25) is 0 Å². The van der Waals surface area contributed by atoms with Gasteiger partial charge in [-0.3, -0.25) is 19.8 Å². The summed E-state index contributed by atoms with van der Waals surface area (Å²) in [5.41, 5.74) is -0.0604. The molecule has 2 heterocycles. The number of nitrogens with zero attached hydrogens (tertiary/aromatic N) is 4. The first-order valence-corrected chi connectivity index (χ1v) is 6.83. The van der Waals surface area contributed by atoms with Crippen LogP contribution in [0.1, 0.15) is 26.7 Å². The predicted molar refractivity (Wildman–Crippen MR) is 77.6 cm³/mol. The molecule has 0 atom stereocenters. The maximum Gasteiger partial charge on any atom is 0.314 e. The van der Waals surface area contributed by atoms with Crippen molar-refractivity contribution in [3.8, 4) is 11.3 Å². The summed E-state index contributed by atoms with van der Waals surface area (Å²) in [5, 5.41) is 25.8. The highest BCUT2D eigenvalue weighted by Crippen LogP contribution is 2.29. The van der Waals surface area contributed by atoms with Gasteiger partial charge in [0.1, 0.15) is 6.20 Å². The van der Waals surface area contributed by atoms with E-state index in [1.54, 1.807) is 24.5 Å². The quantitative estimate of drug-likeness (QED) is 0.651. The highest BCUT2D eigenvalue weighted by molar-refractivity contribution is 5.68. The van der Waals surface area contributed by atoms with Crippen molar-refractivity contribution >= 4 is 5.69 Å². The van der Waals surface area contributed by atoms with Gasteiger partial charge >= 0.3 is 5.69 Å². The van der Waals surface area contributed by atoms with Gasteiger partial charge in [0.15, 0.2) is 5.69 Å². The molecular weight excluding hydrogens is 272 g/mol. The van der Waals surface area contributed by atoms with Gasteiger partial charge in [0, 0.05) is 18.0 Å². The summed E-state index contributed by atoms with van der Waals surface area (Å²) in [5.74, 6) is 0.